The molecule has 1 aliphatic heterocycles. The van der Waals surface area contributed by atoms with E-state index in [1.807, 2.05) is 0 Å². The summed E-state index contributed by atoms with van der Waals surface area (Å²) in [4.78, 5) is 38.5. The van der Waals surface area contributed by atoms with Crippen molar-refractivity contribution in [3.05, 3.63) is 57.8 Å². The van der Waals surface area contributed by atoms with Crippen LogP contribution in [0.15, 0.2) is 35.1 Å². The maximum absolute atomic E-state index is 14.2. The molecule has 8 heteroatoms. The summed E-state index contributed by atoms with van der Waals surface area (Å²) in [6.45, 7) is 5.43. The van der Waals surface area contributed by atoms with Gasteiger partial charge in [-0.25, -0.2) is 9.07 Å². The van der Waals surface area contributed by atoms with Crippen molar-refractivity contribution in [1.29, 1.82) is 0 Å². The zero-order chi connectivity index (χ0) is 20.6. The average Bonchev–Trinajstić information content (AvgIpc) is 3.09. The smallest absolute Gasteiger partial charge is 0.311 e. The Labute approximate surface area is 161 Å². The van der Waals surface area contributed by atoms with E-state index in [0.29, 0.717) is 12.1 Å². The molecule has 0 bridgehead atoms. The van der Waals surface area contributed by atoms with Crippen molar-refractivity contribution in [3.8, 4) is 5.69 Å². The van der Waals surface area contributed by atoms with Crippen molar-refractivity contribution < 1.29 is 19.1 Å². The largest absolute Gasteiger partial charge is 0.481 e. The summed E-state index contributed by atoms with van der Waals surface area (Å²) in [5.74, 6) is -2.31. The Balaban J connectivity index is 2.00. The number of carbonyl (C=O) groups excluding carboxylic acids is 1. The minimum Gasteiger partial charge on any atom is -0.481 e. The molecule has 0 spiro atoms. The van der Waals surface area contributed by atoms with Crippen LogP contribution in [-0.4, -0.2) is 44.8 Å². The normalized spacial score (nSPS) is 19.2. The number of hydrogen-bond acceptors (Lipinski definition) is 4. The number of carboxylic acid groups (broad SMARTS) is 1. The molecule has 0 saturated carbocycles. The van der Waals surface area contributed by atoms with Crippen LogP contribution in [0.2, 0.25) is 0 Å². The summed E-state index contributed by atoms with van der Waals surface area (Å²) in [6, 6.07) is 7.15. The maximum atomic E-state index is 14.2. The van der Waals surface area contributed by atoms with Crippen LogP contribution in [0.1, 0.15) is 36.5 Å². The van der Waals surface area contributed by atoms with E-state index in [1.54, 1.807) is 26.8 Å². The molecule has 3 rings (SSSR count). The molecular formula is C20H22FN3O4. The van der Waals surface area contributed by atoms with Crippen LogP contribution < -0.4 is 5.43 Å². The number of likely N-dealkylation sites (tertiary alicyclic amines) is 1. The van der Waals surface area contributed by atoms with Gasteiger partial charge in [0.05, 0.1) is 5.41 Å². The van der Waals surface area contributed by atoms with Crippen molar-refractivity contribution in [2.45, 2.75) is 27.2 Å². The van der Waals surface area contributed by atoms with Crippen molar-refractivity contribution in [3.63, 3.8) is 0 Å². The molecule has 0 radical (unpaired) electrons. The number of benzene rings is 1. The summed E-state index contributed by atoms with van der Waals surface area (Å²) in [5, 5.41) is 13.8. The zero-order valence-electron chi connectivity index (χ0n) is 16.0. The van der Waals surface area contributed by atoms with Crippen LogP contribution >= 0.6 is 0 Å². The fourth-order valence-corrected chi connectivity index (χ4v) is 3.61. The lowest BCUT2D eigenvalue weighted by atomic mass is 9.76. The number of amides is 1. The quantitative estimate of drug-likeness (QED) is 0.869. The van der Waals surface area contributed by atoms with Crippen LogP contribution in [0.4, 0.5) is 4.39 Å². The first-order chi connectivity index (χ1) is 13.2. The fraction of sp³-hybridized carbons (Fsp3) is 0.400. The Bertz CT molecular complexity index is 1000. The molecule has 1 N–H and O–H groups in total. The minimum absolute atomic E-state index is 0.00747. The van der Waals surface area contributed by atoms with E-state index in [9.17, 15) is 23.9 Å². The predicted octanol–water partition coefficient (Wildman–Crippen LogP) is 2.25. The minimum atomic E-state index is -1.05. The SMILES string of the molecule is Cc1cc(=O)c(C(=O)N2CCC(C(=O)O)(C(C)C)C2)nn1-c1ccccc1F. The molecule has 148 valence electrons. The first-order valence-electron chi connectivity index (χ1n) is 9.06. The number of rotatable bonds is 4. The van der Waals surface area contributed by atoms with Crippen LogP contribution in [0.25, 0.3) is 5.69 Å². The highest BCUT2D eigenvalue weighted by Crippen LogP contribution is 2.38. The number of aromatic nitrogens is 2. The van der Waals surface area contributed by atoms with Gasteiger partial charge in [-0.15, -0.1) is 0 Å². The van der Waals surface area contributed by atoms with Gasteiger partial charge in [0.25, 0.3) is 5.91 Å². The number of aliphatic carboxylic acids is 1. The molecule has 0 aliphatic carbocycles. The van der Waals surface area contributed by atoms with Crippen LogP contribution in [-0.2, 0) is 4.79 Å². The molecule has 7 nitrogen and oxygen atoms in total. The van der Waals surface area contributed by atoms with E-state index < -0.39 is 28.5 Å². The molecule has 1 aliphatic rings. The highest BCUT2D eigenvalue weighted by Gasteiger charge is 2.49. The van der Waals surface area contributed by atoms with Gasteiger partial charge in [0.15, 0.2) is 5.69 Å². The summed E-state index contributed by atoms with van der Waals surface area (Å²) >= 11 is 0. The number of halogens is 1. The van der Waals surface area contributed by atoms with Gasteiger partial charge in [-0.3, -0.25) is 14.4 Å². The second kappa shape index (κ2) is 7.18. The molecule has 1 aromatic carbocycles. The number of nitrogens with zero attached hydrogens (tertiary/aromatic N) is 3. The average molecular weight is 387 g/mol. The van der Waals surface area contributed by atoms with E-state index >= 15 is 0 Å². The monoisotopic (exact) mass is 387 g/mol. The van der Waals surface area contributed by atoms with Gasteiger partial charge in [-0.1, -0.05) is 26.0 Å². The van der Waals surface area contributed by atoms with Crippen molar-refractivity contribution in [1.82, 2.24) is 14.7 Å². The Morgan fingerprint density at radius 1 is 1.29 bits per heavy atom. The van der Waals surface area contributed by atoms with E-state index in [1.165, 1.54) is 33.8 Å². The molecule has 1 fully saturated rings. The molecule has 28 heavy (non-hydrogen) atoms. The third kappa shape index (κ3) is 3.19. The lowest BCUT2D eigenvalue weighted by molar-refractivity contribution is -0.150. The Hall–Kier alpha value is -3.03. The van der Waals surface area contributed by atoms with Gasteiger partial charge in [-0.05, 0) is 31.4 Å². The lowest BCUT2D eigenvalue weighted by Crippen LogP contribution is -2.42. The van der Waals surface area contributed by atoms with Crippen molar-refractivity contribution >= 4 is 11.9 Å². The Morgan fingerprint density at radius 2 is 1.96 bits per heavy atom. The molecule has 1 unspecified atom stereocenters. The second-order valence-corrected chi connectivity index (χ2v) is 7.45. The molecule has 1 aromatic heterocycles. The summed E-state index contributed by atoms with van der Waals surface area (Å²) < 4.78 is 15.4. The summed E-state index contributed by atoms with van der Waals surface area (Å²) in [6.07, 6.45) is 0.305. The van der Waals surface area contributed by atoms with Gasteiger partial charge in [-0.2, -0.15) is 5.10 Å². The molecule has 2 heterocycles. The maximum Gasteiger partial charge on any atom is 0.311 e. The molecule has 1 atom stereocenters. The van der Waals surface area contributed by atoms with E-state index in [0.717, 1.165) is 0 Å². The highest BCUT2D eigenvalue weighted by atomic mass is 19.1. The summed E-state index contributed by atoms with van der Waals surface area (Å²) in [7, 11) is 0. The van der Waals surface area contributed by atoms with Crippen molar-refractivity contribution in [2.24, 2.45) is 11.3 Å². The lowest BCUT2D eigenvalue weighted by Gasteiger charge is -2.28. The van der Waals surface area contributed by atoms with Crippen LogP contribution in [0, 0.1) is 24.1 Å². The number of carboxylic acids is 1. The third-order valence-electron chi connectivity index (χ3n) is 5.51. The highest BCUT2D eigenvalue weighted by molar-refractivity contribution is 5.93. The molecule has 2 aromatic rings. The van der Waals surface area contributed by atoms with Crippen LogP contribution in [0.3, 0.4) is 0 Å². The predicted molar refractivity (Wildman–Crippen MR) is 100.0 cm³/mol. The standard InChI is InChI=1S/C20H22FN3O4/c1-12(2)20(19(27)28)8-9-23(11-20)18(26)17-16(25)10-13(3)24(22-17)15-7-5-4-6-14(15)21/h4-7,10,12H,8-9,11H2,1-3H3,(H,27,28). The fourth-order valence-electron chi connectivity index (χ4n) is 3.61. The number of aryl methyl sites for hydroxylation is 1. The van der Waals surface area contributed by atoms with Gasteiger partial charge in [0.1, 0.15) is 11.5 Å². The Morgan fingerprint density at radius 3 is 2.54 bits per heavy atom. The van der Waals surface area contributed by atoms with Gasteiger partial charge < -0.3 is 10.0 Å². The summed E-state index contributed by atoms with van der Waals surface area (Å²) in [5.41, 5.74) is -1.47. The van der Waals surface area contributed by atoms with Gasteiger partial charge >= 0.3 is 5.97 Å². The topological polar surface area (TPSA) is 92.5 Å². The number of hydrogen-bond donors (Lipinski definition) is 1. The van der Waals surface area contributed by atoms with Crippen LogP contribution in [0.5, 0.6) is 0 Å². The molecule has 1 saturated heterocycles. The first kappa shape index (κ1) is 19.7. The van der Waals surface area contributed by atoms with E-state index in [-0.39, 0.29) is 30.4 Å². The number of carbonyl (C=O) groups is 2. The van der Waals surface area contributed by atoms with Gasteiger partial charge in [0.2, 0.25) is 5.43 Å². The third-order valence-corrected chi connectivity index (χ3v) is 5.51. The second-order valence-electron chi connectivity index (χ2n) is 7.45. The first-order valence-corrected chi connectivity index (χ1v) is 9.06. The van der Waals surface area contributed by atoms with E-state index in [2.05, 4.69) is 5.10 Å². The van der Waals surface area contributed by atoms with E-state index in [4.69, 9.17) is 0 Å². The number of para-hydroxylation sites is 1. The zero-order valence-corrected chi connectivity index (χ0v) is 16.0. The van der Waals surface area contributed by atoms with Crippen molar-refractivity contribution in [2.75, 3.05) is 13.1 Å². The molecule has 1 amide bonds. The van der Waals surface area contributed by atoms with Gasteiger partial charge in [0, 0.05) is 24.8 Å². The molecular weight excluding hydrogens is 365 g/mol. The Kier molecular flexibility index (Phi) is 5.06.